The van der Waals surface area contributed by atoms with E-state index >= 15 is 0 Å². The van der Waals surface area contributed by atoms with Crippen LogP contribution in [0, 0.1) is 5.82 Å². The number of ether oxygens (including phenoxy) is 3. The molecule has 2 amide bonds. The molecule has 4 rings (SSSR count). The molecular weight excluding hydrogens is 487 g/mol. The number of benzene rings is 2. The third kappa shape index (κ3) is 7.35. The van der Waals surface area contributed by atoms with Crippen molar-refractivity contribution in [3.05, 3.63) is 60.1 Å². The zero-order valence-corrected chi connectivity index (χ0v) is 22.2. The number of hydrogen-bond donors (Lipinski definition) is 2. The van der Waals surface area contributed by atoms with Crippen LogP contribution in [-0.4, -0.2) is 55.8 Å². The predicted octanol–water partition coefficient (Wildman–Crippen LogP) is 6.13. The molecule has 1 aromatic heterocycles. The molecule has 0 bridgehead atoms. The van der Waals surface area contributed by atoms with Gasteiger partial charge in [-0.25, -0.2) is 9.18 Å². The second-order valence-electron chi connectivity index (χ2n) is 9.44. The van der Waals surface area contributed by atoms with Gasteiger partial charge in [-0.3, -0.25) is 9.88 Å². The van der Waals surface area contributed by atoms with E-state index in [9.17, 15) is 9.18 Å². The van der Waals surface area contributed by atoms with Gasteiger partial charge in [-0.1, -0.05) is 18.1 Å². The molecule has 2 N–H and O–H groups in total. The topological polar surface area (TPSA) is 85.0 Å². The lowest BCUT2D eigenvalue weighted by Gasteiger charge is -2.26. The number of hydrogen-bond acceptors (Lipinski definition) is 6. The zero-order valence-electron chi connectivity index (χ0n) is 22.2. The second kappa shape index (κ2) is 13.1. The van der Waals surface area contributed by atoms with E-state index < -0.39 is 11.8 Å². The van der Waals surface area contributed by atoms with Gasteiger partial charge in [0, 0.05) is 36.8 Å². The van der Waals surface area contributed by atoms with E-state index in [4.69, 9.17) is 14.2 Å². The van der Waals surface area contributed by atoms with Crippen molar-refractivity contribution in [3.63, 3.8) is 0 Å². The number of allylic oxidation sites excluding steroid dienone is 1. The minimum absolute atomic E-state index is 0.0552. The van der Waals surface area contributed by atoms with Crippen molar-refractivity contribution in [3.8, 4) is 23.0 Å². The molecule has 0 atom stereocenters. The maximum absolute atomic E-state index is 14.7. The summed E-state index contributed by atoms with van der Waals surface area (Å²) in [4.78, 5) is 18.9. The Hall–Kier alpha value is -3.85. The van der Waals surface area contributed by atoms with Gasteiger partial charge in [0.05, 0.1) is 18.3 Å². The Bertz CT molecular complexity index is 1290. The number of fused-ring (bicyclic) bond motifs is 1. The summed E-state index contributed by atoms with van der Waals surface area (Å²) in [6.07, 6.45) is 7.27. The summed E-state index contributed by atoms with van der Waals surface area (Å²) < 4.78 is 32.4. The van der Waals surface area contributed by atoms with Crippen molar-refractivity contribution in [2.24, 2.45) is 0 Å². The van der Waals surface area contributed by atoms with Crippen molar-refractivity contribution in [2.45, 2.75) is 33.1 Å². The number of amides is 2. The lowest BCUT2D eigenvalue weighted by Crippen LogP contribution is -2.33. The summed E-state index contributed by atoms with van der Waals surface area (Å²) in [6.45, 7) is 7.88. The fourth-order valence-electron chi connectivity index (χ4n) is 4.26. The molecule has 0 aliphatic carbocycles. The summed E-state index contributed by atoms with van der Waals surface area (Å²) in [7, 11) is 1.59. The predicted molar refractivity (Wildman–Crippen MR) is 147 cm³/mol. The third-order valence-electron chi connectivity index (χ3n) is 6.29. The van der Waals surface area contributed by atoms with Gasteiger partial charge in [0.15, 0.2) is 11.5 Å². The second-order valence-corrected chi connectivity index (χ2v) is 9.44. The summed E-state index contributed by atoms with van der Waals surface area (Å²) in [5.41, 5.74) is 1.80. The number of carbonyl (C=O) groups excluding carboxylic acids is 1. The number of methoxy groups -OCH3 is 1. The van der Waals surface area contributed by atoms with Gasteiger partial charge in [0.2, 0.25) is 0 Å². The zero-order chi connectivity index (χ0) is 26.9. The van der Waals surface area contributed by atoms with Crippen LogP contribution in [0.5, 0.6) is 23.0 Å². The van der Waals surface area contributed by atoms with E-state index in [0.29, 0.717) is 41.3 Å². The molecule has 1 saturated heterocycles. The van der Waals surface area contributed by atoms with Gasteiger partial charge < -0.3 is 24.8 Å². The van der Waals surface area contributed by atoms with Crippen LogP contribution in [0.2, 0.25) is 0 Å². The van der Waals surface area contributed by atoms with Crippen LogP contribution in [0.15, 0.2) is 54.2 Å². The number of nitrogens with one attached hydrogen (secondary N) is 2. The molecule has 1 aliphatic rings. The van der Waals surface area contributed by atoms with Gasteiger partial charge >= 0.3 is 6.03 Å². The van der Waals surface area contributed by atoms with Crippen LogP contribution in [-0.2, 0) is 0 Å². The first-order chi connectivity index (χ1) is 18.4. The molecule has 0 unspecified atom stereocenters. The quantitative estimate of drug-likeness (QED) is 0.312. The highest BCUT2D eigenvalue weighted by Crippen LogP contribution is 2.37. The molecule has 2 heterocycles. The molecule has 0 spiro atoms. The molecule has 38 heavy (non-hydrogen) atoms. The molecule has 9 heteroatoms. The van der Waals surface area contributed by atoms with E-state index in [1.165, 1.54) is 31.4 Å². The Balaban J connectivity index is 1.44. The number of likely N-dealkylation sites (tertiary alicyclic amines) is 1. The number of halogens is 1. The fraction of sp³-hybridized carbons (Fsp3) is 0.379. The number of pyridine rings is 1. The van der Waals surface area contributed by atoms with Crippen LogP contribution in [0.4, 0.5) is 14.9 Å². The Morgan fingerprint density at radius 1 is 1.08 bits per heavy atom. The number of urea groups is 1. The first-order valence-corrected chi connectivity index (χ1v) is 12.9. The largest absolute Gasteiger partial charge is 0.493 e. The van der Waals surface area contributed by atoms with Gasteiger partial charge in [0.25, 0.3) is 0 Å². The molecular formula is C29H35FN4O4. The molecule has 0 radical (unpaired) electrons. The lowest BCUT2D eigenvalue weighted by atomic mass is 10.1. The van der Waals surface area contributed by atoms with Gasteiger partial charge in [-0.2, -0.15) is 0 Å². The Morgan fingerprint density at radius 3 is 2.63 bits per heavy atom. The Labute approximate surface area is 222 Å². The van der Waals surface area contributed by atoms with Gasteiger partial charge in [-0.05, 0) is 64.0 Å². The highest BCUT2D eigenvalue weighted by Gasteiger charge is 2.15. The molecule has 1 fully saturated rings. The number of carbonyl (C=O) groups is 1. The van der Waals surface area contributed by atoms with Crippen LogP contribution in [0.1, 0.15) is 33.1 Å². The minimum atomic E-state index is -0.611. The van der Waals surface area contributed by atoms with Crippen LogP contribution in [0.25, 0.3) is 10.9 Å². The van der Waals surface area contributed by atoms with Crippen LogP contribution >= 0.6 is 0 Å². The van der Waals surface area contributed by atoms with E-state index in [1.54, 1.807) is 25.4 Å². The molecule has 2 aromatic carbocycles. The Morgan fingerprint density at radius 2 is 1.89 bits per heavy atom. The van der Waals surface area contributed by atoms with Crippen molar-refractivity contribution in [2.75, 3.05) is 45.2 Å². The molecule has 202 valence electrons. The number of anilines is 1. The van der Waals surface area contributed by atoms with E-state index in [-0.39, 0.29) is 11.4 Å². The normalized spacial score (nSPS) is 13.6. The highest BCUT2D eigenvalue weighted by molar-refractivity contribution is 5.90. The molecule has 0 saturated carbocycles. The number of rotatable bonds is 10. The first-order valence-electron chi connectivity index (χ1n) is 12.9. The average molecular weight is 523 g/mol. The number of piperidine rings is 1. The Kier molecular flexibility index (Phi) is 9.37. The summed E-state index contributed by atoms with van der Waals surface area (Å²) in [5.74, 6) is 1.35. The first kappa shape index (κ1) is 27.2. The maximum atomic E-state index is 14.7. The highest BCUT2D eigenvalue weighted by atomic mass is 19.1. The summed E-state index contributed by atoms with van der Waals surface area (Å²) in [5, 5.41) is 5.87. The fourth-order valence-corrected chi connectivity index (χ4v) is 4.26. The standard InChI is InChI=1S/C29H35FN4O4/c1-20(2)9-11-32-29(35)33-24-8-7-21(17-23(24)30)38-26-10-12-31-25-19-28(27(36-3)18-22(25)26)37-16-15-34-13-5-4-6-14-34/h7-10,12,17-19H,4-6,11,13-16H2,1-3H3,(H2,32,33,35). The minimum Gasteiger partial charge on any atom is -0.493 e. The van der Waals surface area contributed by atoms with Crippen molar-refractivity contribution >= 4 is 22.6 Å². The van der Waals surface area contributed by atoms with E-state index in [1.807, 2.05) is 32.1 Å². The molecule has 8 nitrogen and oxygen atoms in total. The summed E-state index contributed by atoms with van der Waals surface area (Å²) >= 11 is 0. The van der Waals surface area contributed by atoms with Gasteiger partial charge in [-0.15, -0.1) is 0 Å². The summed E-state index contributed by atoms with van der Waals surface area (Å²) in [6, 6.07) is 9.15. The lowest BCUT2D eigenvalue weighted by molar-refractivity contribution is 0.181. The SMILES string of the molecule is COc1cc2c(Oc3ccc(NC(=O)NCC=C(C)C)c(F)c3)ccnc2cc1OCCN1CCCCC1. The molecule has 1 aliphatic heterocycles. The van der Waals surface area contributed by atoms with Crippen LogP contribution in [0.3, 0.4) is 0 Å². The van der Waals surface area contributed by atoms with Gasteiger partial charge in [0.1, 0.15) is 23.9 Å². The number of aromatic nitrogens is 1. The maximum Gasteiger partial charge on any atom is 0.319 e. The monoisotopic (exact) mass is 522 g/mol. The smallest absolute Gasteiger partial charge is 0.319 e. The van der Waals surface area contributed by atoms with E-state index in [0.717, 1.165) is 25.2 Å². The number of nitrogens with zero attached hydrogens (tertiary/aromatic N) is 2. The van der Waals surface area contributed by atoms with Crippen molar-refractivity contribution < 1.29 is 23.4 Å². The van der Waals surface area contributed by atoms with Crippen molar-refractivity contribution in [1.29, 1.82) is 0 Å². The molecule has 3 aromatic rings. The third-order valence-corrected chi connectivity index (χ3v) is 6.29. The average Bonchev–Trinajstić information content (AvgIpc) is 2.90. The van der Waals surface area contributed by atoms with Crippen LogP contribution < -0.4 is 24.8 Å². The van der Waals surface area contributed by atoms with Crippen molar-refractivity contribution in [1.82, 2.24) is 15.2 Å². The van der Waals surface area contributed by atoms with E-state index in [2.05, 4.69) is 20.5 Å².